The fraction of sp³-hybridized carbons (Fsp3) is 0.407. The molecule has 1 aliphatic rings. The Bertz CT molecular complexity index is 1080. The lowest BCUT2D eigenvalue weighted by Gasteiger charge is -2.20. The SMILES string of the molecule is CO/N=C\C=C/C(=O)N/C=C/CC1CC(=O)OC(CO)CCC(O)/C(C)=C\Cc2cccc(O)c2C(=O)O1. The van der Waals surface area contributed by atoms with E-state index >= 15 is 0 Å². The van der Waals surface area contributed by atoms with Crippen LogP contribution in [0.2, 0.25) is 0 Å². The van der Waals surface area contributed by atoms with Crippen LogP contribution in [-0.4, -0.2) is 71.4 Å². The van der Waals surface area contributed by atoms with Gasteiger partial charge < -0.3 is 34.9 Å². The smallest absolute Gasteiger partial charge is 0.342 e. The van der Waals surface area contributed by atoms with Crippen LogP contribution in [0, 0.1) is 0 Å². The van der Waals surface area contributed by atoms with Gasteiger partial charge in [-0.3, -0.25) is 9.59 Å². The lowest BCUT2D eigenvalue weighted by molar-refractivity contribution is -0.154. The Balaban J connectivity index is 2.25. The molecular weight excluding hydrogens is 496 g/mol. The number of fused-ring (bicyclic) bond motifs is 1. The molecule has 3 unspecified atom stereocenters. The van der Waals surface area contributed by atoms with Gasteiger partial charge in [-0.2, -0.15) is 0 Å². The number of aliphatic hydroxyl groups is 2. The first kappa shape index (κ1) is 30.3. The molecule has 2 rings (SSSR count). The minimum atomic E-state index is -0.993. The van der Waals surface area contributed by atoms with Gasteiger partial charge in [0.1, 0.15) is 30.6 Å². The van der Waals surface area contributed by atoms with Crippen molar-refractivity contribution in [1.29, 1.82) is 0 Å². The molecule has 3 atom stereocenters. The molecule has 38 heavy (non-hydrogen) atoms. The summed E-state index contributed by atoms with van der Waals surface area (Å²) in [5, 5.41) is 36.5. The third-order valence-corrected chi connectivity index (χ3v) is 5.68. The van der Waals surface area contributed by atoms with Crippen LogP contribution >= 0.6 is 0 Å². The standard InChI is InChI=1S/C27H34N2O9/c1-18-10-11-19-6-3-8-23(32)26(19)27(35)38-20(7-4-14-28-24(33)9-5-15-29-36-2)16-25(34)37-21(17-30)12-13-22(18)31/h3-6,8-10,14-15,20-22,30-32H,7,11-13,16-17H2,1-2H3,(H,28,33)/b9-5-,14-4+,18-10-,29-15-. The second-order valence-electron chi connectivity index (χ2n) is 8.53. The van der Waals surface area contributed by atoms with Gasteiger partial charge in [-0.15, -0.1) is 0 Å². The molecular formula is C27H34N2O9. The number of hydrogen-bond acceptors (Lipinski definition) is 10. The Labute approximate surface area is 221 Å². The number of phenolic OH excluding ortho intramolecular Hbond substituents is 1. The Hall–Kier alpha value is -3.96. The predicted molar refractivity (Wildman–Crippen MR) is 138 cm³/mol. The molecule has 0 saturated carbocycles. The summed E-state index contributed by atoms with van der Waals surface area (Å²) in [6.07, 6.45) is 6.24. The Kier molecular flexibility index (Phi) is 12.7. The van der Waals surface area contributed by atoms with Crippen molar-refractivity contribution in [3.8, 4) is 5.75 Å². The third-order valence-electron chi connectivity index (χ3n) is 5.68. The van der Waals surface area contributed by atoms with Gasteiger partial charge in [-0.05, 0) is 49.5 Å². The quantitative estimate of drug-likeness (QED) is 0.136. The zero-order chi connectivity index (χ0) is 27.9. The number of carbonyl (C=O) groups is 3. The van der Waals surface area contributed by atoms with E-state index in [0.29, 0.717) is 11.1 Å². The number of carbonyl (C=O) groups excluding carboxylic acids is 3. The van der Waals surface area contributed by atoms with Gasteiger partial charge in [0.05, 0.1) is 25.3 Å². The predicted octanol–water partition coefficient (Wildman–Crippen LogP) is 2.06. The van der Waals surface area contributed by atoms with E-state index in [-0.39, 0.29) is 43.4 Å². The minimum Gasteiger partial charge on any atom is -0.507 e. The number of aromatic hydroxyl groups is 1. The van der Waals surface area contributed by atoms with Crippen molar-refractivity contribution in [2.24, 2.45) is 5.16 Å². The number of aliphatic hydroxyl groups excluding tert-OH is 2. The molecule has 0 aromatic heterocycles. The van der Waals surface area contributed by atoms with Gasteiger partial charge in [0.25, 0.3) is 0 Å². The lowest BCUT2D eigenvalue weighted by Crippen LogP contribution is -2.28. The molecule has 11 nitrogen and oxygen atoms in total. The Morgan fingerprint density at radius 3 is 2.76 bits per heavy atom. The number of rotatable bonds is 7. The van der Waals surface area contributed by atoms with Gasteiger partial charge >= 0.3 is 11.9 Å². The Morgan fingerprint density at radius 1 is 1.24 bits per heavy atom. The second-order valence-corrected chi connectivity index (χ2v) is 8.53. The van der Waals surface area contributed by atoms with Crippen LogP contribution in [0.5, 0.6) is 5.75 Å². The van der Waals surface area contributed by atoms with Crippen LogP contribution in [0.25, 0.3) is 0 Å². The average molecular weight is 531 g/mol. The van der Waals surface area contributed by atoms with Crippen LogP contribution in [0.3, 0.4) is 0 Å². The first-order chi connectivity index (χ1) is 18.2. The minimum absolute atomic E-state index is 0.0421. The fourth-order valence-corrected chi connectivity index (χ4v) is 3.60. The first-order valence-electron chi connectivity index (χ1n) is 12.1. The molecule has 1 aliphatic heterocycles. The highest BCUT2D eigenvalue weighted by molar-refractivity contribution is 5.94. The zero-order valence-corrected chi connectivity index (χ0v) is 21.4. The fourth-order valence-electron chi connectivity index (χ4n) is 3.60. The van der Waals surface area contributed by atoms with Crippen molar-refractivity contribution in [3.05, 3.63) is 65.4 Å². The van der Waals surface area contributed by atoms with Gasteiger partial charge in [0.2, 0.25) is 5.91 Å². The van der Waals surface area contributed by atoms with Crippen molar-refractivity contribution in [3.63, 3.8) is 0 Å². The number of esters is 2. The summed E-state index contributed by atoms with van der Waals surface area (Å²) in [7, 11) is 1.37. The van der Waals surface area contributed by atoms with E-state index in [2.05, 4.69) is 15.3 Å². The molecule has 1 aromatic rings. The maximum Gasteiger partial charge on any atom is 0.342 e. The number of phenols is 1. The summed E-state index contributed by atoms with van der Waals surface area (Å²) in [6.45, 7) is 1.30. The van der Waals surface area contributed by atoms with Gasteiger partial charge in [0.15, 0.2) is 0 Å². The number of ether oxygens (including phenoxy) is 2. The van der Waals surface area contributed by atoms with Crippen LogP contribution in [-0.2, 0) is 30.3 Å². The van der Waals surface area contributed by atoms with Crippen molar-refractivity contribution in [2.45, 2.75) is 57.3 Å². The number of benzene rings is 1. The first-order valence-corrected chi connectivity index (χ1v) is 12.1. The number of hydrogen-bond donors (Lipinski definition) is 4. The topological polar surface area (TPSA) is 164 Å². The lowest BCUT2D eigenvalue weighted by atomic mass is 9.99. The van der Waals surface area contributed by atoms with Gasteiger partial charge in [-0.25, -0.2) is 4.79 Å². The molecule has 0 radical (unpaired) electrons. The highest BCUT2D eigenvalue weighted by Gasteiger charge is 2.25. The van der Waals surface area contributed by atoms with Gasteiger partial charge in [0, 0.05) is 18.7 Å². The normalized spacial score (nSPS) is 23.2. The van der Waals surface area contributed by atoms with Crippen LogP contribution in [0.1, 0.15) is 48.5 Å². The van der Waals surface area contributed by atoms with Gasteiger partial charge in [-0.1, -0.05) is 29.4 Å². The van der Waals surface area contributed by atoms with Crippen LogP contribution in [0.15, 0.2) is 59.4 Å². The summed E-state index contributed by atoms with van der Waals surface area (Å²) < 4.78 is 10.9. The number of nitrogens with zero attached hydrogens (tertiary/aromatic N) is 1. The van der Waals surface area contributed by atoms with E-state index in [9.17, 15) is 29.7 Å². The number of oxime groups is 1. The summed E-state index contributed by atoms with van der Waals surface area (Å²) in [6, 6.07) is 4.61. The molecule has 0 spiro atoms. The molecule has 11 heteroatoms. The monoisotopic (exact) mass is 530 g/mol. The van der Waals surface area contributed by atoms with E-state index in [1.54, 1.807) is 25.1 Å². The molecule has 1 heterocycles. The molecule has 1 amide bonds. The summed E-state index contributed by atoms with van der Waals surface area (Å²) >= 11 is 0. The number of amides is 1. The number of nitrogens with one attached hydrogen (secondary N) is 1. The number of allylic oxidation sites excluding steroid dienone is 2. The van der Waals surface area contributed by atoms with E-state index < -0.39 is 42.8 Å². The molecule has 0 fully saturated rings. The molecule has 0 bridgehead atoms. The summed E-state index contributed by atoms with van der Waals surface area (Å²) in [5.41, 5.74) is 1.07. The van der Waals surface area contributed by atoms with Crippen LogP contribution in [0.4, 0.5) is 0 Å². The van der Waals surface area contributed by atoms with E-state index in [4.69, 9.17) is 9.47 Å². The van der Waals surface area contributed by atoms with Crippen LogP contribution < -0.4 is 5.32 Å². The van der Waals surface area contributed by atoms with E-state index in [1.807, 2.05) is 0 Å². The maximum atomic E-state index is 13.1. The average Bonchev–Trinajstić information content (AvgIpc) is 2.89. The van der Waals surface area contributed by atoms with E-state index in [1.165, 1.54) is 43.8 Å². The highest BCUT2D eigenvalue weighted by atomic mass is 16.6. The van der Waals surface area contributed by atoms with E-state index in [0.717, 1.165) is 0 Å². The summed E-state index contributed by atoms with van der Waals surface area (Å²) in [4.78, 5) is 42.0. The zero-order valence-electron chi connectivity index (χ0n) is 21.4. The number of cyclic esters (lactones) is 2. The molecule has 1 aromatic carbocycles. The van der Waals surface area contributed by atoms with Crippen molar-refractivity contribution in [1.82, 2.24) is 5.32 Å². The molecule has 206 valence electrons. The maximum absolute atomic E-state index is 13.1. The Morgan fingerprint density at radius 2 is 2.03 bits per heavy atom. The summed E-state index contributed by atoms with van der Waals surface area (Å²) in [5.74, 6) is -2.28. The third kappa shape index (κ3) is 10.2. The largest absolute Gasteiger partial charge is 0.507 e. The highest BCUT2D eigenvalue weighted by Crippen LogP contribution is 2.25. The molecule has 0 saturated heterocycles. The van der Waals surface area contributed by atoms with Crippen molar-refractivity contribution in [2.75, 3.05) is 13.7 Å². The van der Waals surface area contributed by atoms with Crippen molar-refractivity contribution >= 4 is 24.1 Å². The second kappa shape index (κ2) is 16.0. The molecule has 4 N–H and O–H groups in total. The molecule has 0 aliphatic carbocycles. The van der Waals surface area contributed by atoms with Crippen molar-refractivity contribution < 1.29 is 44.0 Å².